The molecule has 0 fully saturated rings. The number of ether oxygens (including phenoxy) is 1. The number of halogens is 1. The molecule has 0 atom stereocenters. The molecule has 0 radical (unpaired) electrons. The zero-order valence-corrected chi connectivity index (χ0v) is 7.96. The second-order valence-corrected chi connectivity index (χ2v) is 2.93. The number of rotatable bonds is 4. The molecule has 0 amide bonds. The minimum Gasteiger partial charge on any atom is -0.491 e. The van der Waals surface area contributed by atoms with E-state index < -0.39 is 6.67 Å². The normalized spacial score (nSPS) is 9.77. The first-order valence-electron chi connectivity index (χ1n) is 4.20. The van der Waals surface area contributed by atoms with Gasteiger partial charge in [0, 0.05) is 25.8 Å². The molecule has 1 aromatic carbocycles. The van der Waals surface area contributed by atoms with Crippen LogP contribution in [0, 0.1) is 0 Å². The lowest BCUT2D eigenvalue weighted by Crippen LogP contribution is -2.08. The Labute approximate surface area is 77.9 Å². The molecule has 1 rings (SSSR count). The van der Waals surface area contributed by atoms with Crippen molar-refractivity contribution in [3.8, 4) is 5.75 Å². The molecule has 0 aliphatic carbocycles. The Balaban J connectivity index is 2.68. The largest absolute Gasteiger partial charge is 0.491 e. The van der Waals surface area contributed by atoms with Gasteiger partial charge in [-0.3, -0.25) is 0 Å². The fraction of sp³-hybridized carbons (Fsp3) is 0.400. The summed E-state index contributed by atoms with van der Waals surface area (Å²) in [6.45, 7) is -0.330. The molecule has 1 aromatic rings. The molecule has 0 spiro atoms. The number of benzene rings is 1. The van der Waals surface area contributed by atoms with Crippen molar-refractivity contribution in [2.45, 2.75) is 0 Å². The van der Waals surface area contributed by atoms with Gasteiger partial charge in [0.25, 0.3) is 0 Å². The molecule has 0 N–H and O–H groups in total. The topological polar surface area (TPSA) is 12.5 Å². The Morgan fingerprint density at radius 1 is 1.38 bits per heavy atom. The quantitative estimate of drug-likeness (QED) is 0.708. The Bertz CT molecular complexity index is 263. The Kier molecular flexibility index (Phi) is 3.55. The molecule has 13 heavy (non-hydrogen) atoms. The maximum atomic E-state index is 11.8. The molecule has 0 aliphatic rings. The van der Waals surface area contributed by atoms with Gasteiger partial charge in [-0.1, -0.05) is 6.07 Å². The monoisotopic (exact) mass is 183 g/mol. The summed E-state index contributed by atoms with van der Waals surface area (Å²) < 4.78 is 16.9. The molecule has 0 aliphatic heterocycles. The lowest BCUT2D eigenvalue weighted by atomic mass is 10.3. The highest BCUT2D eigenvalue weighted by atomic mass is 19.1. The van der Waals surface area contributed by atoms with Crippen molar-refractivity contribution >= 4 is 5.69 Å². The van der Waals surface area contributed by atoms with E-state index in [9.17, 15) is 4.39 Å². The molecule has 72 valence electrons. The average Bonchev–Trinajstić information content (AvgIpc) is 2.15. The van der Waals surface area contributed by atoms with Crippen LogP contribution in [0.15, 0.2) is 24.3 Å². The molecule has 2 nitrogen and oxygen atoms in total. The number of hydrogen-bond donors (Lipinski definition) is 0. The van der Waals surface area contributed by atoms with Crippen LogP contribution in [0.5, 0.6) is 5.75 Å². The third kappa shape index (κ3) is 2.93. The molecule has 0 unspecified atom stereocenters. The Morgan fingerprint density at radius 2 is 2.15 bits per heavy atom. The minimum atomic E-state index is -0.452. The van der Waals surface area contributed by atoms with E-state index >= 15 is 0 Å². The standard InChI is InChI=1S/C10H14FNO/c1-12(2)9-4-3-5-10(8-9)13-7-6-11/h3-5,8H,6-7H2,1-2H3. The van der Waals surface area contributed by atoms with Gasteiger partial charge in [0.15, 0.2) is 0 Å². The summed E-state index contributed by atoms with van der Waals surface area (Å²) in [6.07, 6.45) is 0. The van der Waals surface area contributed by atoms with Crippen molar-refractivity contribution in [3.05, 3.63) is 24.3 Å². The summed E-state index contributed by atoms with van der Waals surface area (Å²) in [4.78, 5) is 1.97. The minimum absolute atomic E-state index is 0.122. The van der Waals surface area contributed by atoms with E-state index in [1.807, 2.05) is 43.3 Å². The third-order valence-electron chi connectivity index (χ3n) is 1.68. The fourth-order valence-electron chi connectivity index (χ4n) is 1.01. The second-order valence-electron chi connectivity index (χ2n) is 2.93. The van der Waals surface area contributed by atoms with E-state index in [1.54, 1.807) is 0 Å². The number of nitrogens with zero attached hydrogens (tertiary/aromatic N) is 1. The van der Waals surface area contributed by atoms with E-state index in [0.29, 0.717) is 5.75 Å². The van der Waals surface area contributed by atoms with Crippen LogP contribution >= 0.6 is 0 Å². The maximum Gasteiger partial charge on any atom is 0.123 e. The lowest BCUT2D eigenvalue weighted by Gasteiger charge is -2.13. The summed E-state index contributed by atoms with van der Waals surface area (Å²) in [5.41, 5.74) is 1.05. The van der Waals surface area contributed by atoms with Gasteiger partial charge in [0.2, 0.25) is 0 Å². The molecular formula is C10H14FNO. The molecule has 0 aromatic heterocycles. The zero-order valence-electron chi connectivity index (χ0n) is 7.96. The van der Waals surface area contributed by atoms with E-state index in [2.05, 4.69) is 0 Å². The third-order valence-corrected chi connectivity index (χ3v) is 1.68. The SMILES string of the molecule is CN(C)c1cccc(OCCF)c1. The highest BCUT2D eigenvalue weighted by Gasteiger charge is 1.97. The molecule has 0 bridgehead atoms. The van der Waals surface area contributed by atoms with Gasteiger partial charge in [0.05, 0.1) is 0 Å². The first-order chi connectivity index (χ1) is 6.24. The van der Waals surface area contributed by atoms with E-state index in [1.165, 1.54) is 0 Å². The van der Waals surface area contributed by atoms with Gasteiger partial charge in [-0.25, -0.2) is 4.39 Å². The second kappa shape index (κ2) is 4.70. The summed E-state index contributed by atoms with van der Waals surface area (Å²) in [5.74, 6) is 0.712. The highest BCUT2D eigenvalue weighted by Crippen LogP contribution is 2.18. The summed E-state index contributed by atoms with van der Waals surface area (Å²) in [6, 6.07) is 7.57. The van der Waals surface area contributed by atoms with Crippen LogP contribution in [0.25, 0.3) is 0 Å². The number of anilines is 1. The zero-order chi connectivity index (χ0) is 9.68. The summed E-state index contributed by atoms with van der Waals surface area (Å²) in [5, 5.41) is 0. The van der Waals surface area contributed by atoms with E-state index in [-0.39, 0.29) is 6.61 Å². The predicted octanol–water partition coefficient (Wildman–Crippen LogP) is 2.10. The predicted molar refractivity (Wildman–Crippen MR) is 52.2 cm³/mol. The van der Waals surface area contributed by atoms with Gasteiger partial charge in [-0.05, 0) is 12.1 Å². The van der Waals surface area contributed by atoms with Crippen molar-refractivity contribution in [1.82, 2.24) is 0 Å². The van der Waals surface area contributed by atoms with Gasteiger partial charge in [-0.2, -0.15) is 0 Å². The van der Waals surface area contributed by atoms with Crippen LogP contribution in [-0.2, 0) is 0 Å². The number of alkyl halides is 1. The number of hydrogen-bond acceptors (Lipinski definition) is 2. The van der Waals surface area contributed by atoms with Gasteiger partial charge in [-0.15, -0.1) is 0 Å². The van der Waals surface area contributed by atoms with Crippen molar-refractivity contribution in [2.75, 3.05) is 32.3 Å². The molecule has 3 heteroatoms. The fourth-order valence-corrected chi connectivity index (χ4v) is 1.01. The molecule has 0 saturated carbocycles. The maximum absolute atomic E-state index is 11.8. The van der Waals surface area contributed by atoms with Crippen molar-refractivity contribution in [1.29, 1.82) is 0 Å². The summed E-state index contributed by atoms with van der Waals surface area (Å²) in [7, 11) is 3.91. The molecule has 0 saturated heterocycles. The van der Waals surface area contributed by atoms with Crippen molar-refractivity contribution < 1.29 is 9.13 Å². The van der Waals surface area contributed by atoms with Crippen LogP contribution in [0.3, 0.4) is 0 Å². The smallest absolute Gasteiger partial charge is 0.123 e. The van der Waals surface area contributed by atoms with Gasteiger partial charge < -0.3 is 9.64 Å². The van der Waals surface area contributed by atoms with E-state index in [4.69, 9.17) is 4.74 Å². The lowest BCUT2D eigenvalue weighted by molar-refractivity contribution is 0.273. The summed E-state index contributed by atoms with van der Waals surface area (Å²) >= 11 is 0. The van der Waals surface area contributed by atoms with Crippen LogP contribution in [0.4, 0.5) is 10.1 Å². The molecular weight excluding hydrogens is 169 g/mol. The Hall–Kier alpha value is -1.25. The van der Waals surface area contributed by atoms with E-state index in [0.717, 1.165) is 5.69 Å². The molecule has 0 heterocycles. The first kappa shape index (κ1) is 9.84. The van der Waals surface area contributed by atoms with Gasteiger partial charge in [0.1, 0.15) is 19.0 Å². The van der Waals surface area contributed by atoms with Crippen LogP contribution < -0.4 is 9.64 Å². The van der Waals surface area contributed by atoms with Crippen LogP contribution in [0.2, 0.25) is 0 Å². The van der Waals surface area contributed by atoms with Crippen LogP contribution in [-0.4, -0.2) is 27.4 Å². The van der Waals surface area contributed by atoms with Crippen molar-refractivity contribution in [3.63, 3.8) is 0 Å². The van der Waals surface area contributed by atoms with Crippen LogP contribution in [0.1, 0.15) is 0 Å². The Morgan fingerprint density at radius 3 is 2.77 bits per heavy atom. The van der Waals surface area contributed by atoms with Crippen molar-refractivity contribution in [2.24, 2.45) is 0 Å². The first-order valence-corrected chi connectivity index (χ1v) is 4.20. The highest BCUT2D eigenvalue weighted by molar-refractivity contribution is 5.49. The average molecular weight is 183 g/mol. The van der Waals surface area contributed by atoms with Gasteiger partial charge >= 0.3 is 0 Å².